The molecule has 0 amide bonds. The number of aryl methyl sites for hydroxylation is 1. The number of aromatic nitrogens is 2. The van der Waals surface area contributed by atoms with E-state index in [1.165, 1.54) is 0 Å². The molecular weight excluding hydrogens is 252 g/mol. The minimum atomic E-state index is 0.223. The van der Waals surface area contributed by atoms with Crippen LogP contribution >= 0.6 is 0 Å². The van der Waals surface area contributed by atoms with E-state index in [9.17, 15) is 0 Å². The molecule has 1 aromatic rings. The zero-order valence-electron chi connectivity index (χ0n) is 13.4. The molecule has 5 nitrogen and oxygen atoms in total. The van der Waals surface area contributed by atoms with Crippen LogP contribution in [0.3, 0.4) is 0 Å². The second-order valence-corrected chi connectivity index (χ2v) is 6.32. The standard InChI is InChI=1S/C15H28N4O/c1-6-15(7-2)10-19(13(8-16-15)11(3)4)9-14-17-12(5)18-20-14/h11,13,16H,6-10H2,1-5H3. The van der Waals surface area contributed by atoms with Crippen LogP contribution in [0.15, 0.2) is 4.52 Å². The molecule has 1 atom stereocenters. The predicted octanol–water partition coefficient (Wildman–Crippen LogP) is 2.37. The topological polar surface area (TPSA) is 54.2 Å². The summed E-state index contributed by atoms with van der Waals surface area (Å²) in [4.78, 5) is 6.87. The van der Waals surface area contributed by atoms with Gasteiger partial charge in [-0.1, -0.05) is 32.9 Å². The molecular formula is C15H28N4O. The lowest BCUT2D eigenvalue weighted by molar-refractivity contribution is 0.0368. The van der Waals surface area contributed by atoms with Crippen molar-refractivity contribution < 1.29 is 4.52 Å². The molecule has 1 aliphatic rings. The zero-order valence-corrected chi connectivity index (χ0v) is 13.4. The molecule has 1 aromatic heterocycles. The van der Waals surface area contributed by atoms with Crippen LogP contribution in [0.1, 0.15) is 52.3 Å². The predicted molar refractivity (Wildman–Crippen MR) is 79.4 cm³/mol. The molecule has 1 unspecified atom stereocenters. The van der Waals surface area contributed by atoms with Crippen molar-refractivity contribution in [1.82, 2.24) is 20.4 Å². The molecule has 0 aliphatic carbocycles. The third kappa shape index (κ3) is 3.20. The Morgan fingerprint density at radius 3 is 2.60 bits per heavy atom. The molecule has 5 heteroatoms. The maximum atomic E-state index is 5.31. The fraction of sp³-hybridized carbons (Fsp3) is 0.867. The highest BCUT2D eigenvalue weighted by Crippen LogP contribution is 2.26. The second-order valence-electron chi connectivity index (χ2n) is 6.32. The zero-order chi connectivity index (χ0) is 14.8. The Kier molecular flexibility index (Phi) is 4.81. The second kappa shape index (κ2) is 6.22. The Morgan fingerprint density at radius 1 is 1.40 bits per heavy atom. The minimum absolute atomic E-state index is 0.223. The Balaban J connectivity index is 2.14. The normalized spacial score (nSPS) is 23.4. The van der Waals surface area contributed by atoms with Crippen molar-refractivity contribution in [2.24, 2.45) is 5.92 Å². The summed E-state index contributed by atoms with van der Waals surface area (Å²) in [5.74, 6) is 2.06. The van der Waals surface area contributed by atoms with E-state index in [1.54, 1.807) is 0 Å². The third-order valence-corrected chi connectivity index (χ3v) is 4.69. The molecule has 1 fully saturated rings. The number of hydrogen-bond donors (Lipinski definition) is 1. The fourth-order valence-corrected chi connectivity index (χ4v) is 3.14. The number of nitrogens with one attached hydrogen (secondary N) is 1. The van der Waals surface area contributed by atoms with Crippen molar-refractivity contribution in [3.05, 3.63) is 11.7 Å². The van der Waals surface area contributed by atoms with Crippen LogP contribution in [0.5, 0.6) is 0 Å². The highest BCUT2D eigenvalue weighted by atomic mass is 16.5. The van der Waals surface area contributed by atoms with Gasteiger partial charge in [-0.3, -0.25) is 4.90 Å². The van der Waals surface area contributed by atoms with Crippen LogP contribution in [0.25, 0.3) is 0 Å². The summed E-state index contributed by atoms with van der Waals surface area (Å²) in [5.41, 5.74) is 0.223. The van der Waals surface area contributed by atoms with Crippen molar-refractivity contribution in [1.29, 1.82) is 0 Å². The van der Waals surface area contributed by atoms with E-state index in [1.807, 2.05) is 6.92 Å². The van der Waals surface area contributed by atoms with Gasteiger partial charge in [0.15, 0.2) is 5.82 Å². The number of hydrogen-bond acceptors (Lipinski definition) is 5. The van der Waals surface area contributed by atoms with Crippen molar-refractivity contribution in [2.45, 2.75) is 65.6 Å². The Hall–Kier alpha value is -0.940. The Bertz CT molecular complexity index is 425. The summed E-state index contributed by atoms with van der Waals surface area (Å²) in [5, 5.41) is 7.68. The SMILES string of the molecule is CCC1(CC)CN(Cc2nc(C)no2)C(C(C)C)CN1. The van der Waals surface area contributed by atoms with Gasteiger partial charge < -0.3 is 9.84 Å². The van der Waals surface area contributed by atoms with Gasteiger partial charge in [0.05, 0.1) is 6.54 Å². The van der Waals surface area contributed by atoms with Crippen LogP contribution in [-0.2, 0) is 6.54 Å². The first-order chi connectivity index (χ1) is 9.49. The molecule has 2 rings (SSSR count). The Labute approximate surface area is 122 Å². The summed E-state index contributed by atoms with van der Waals surface area (Å²) >= 11 is 0. The van der Waals surface area contributed by atoms with Gasteiger partial charge in [-0.2, -0.15) is 4.98 Å². The average Bonchev–Trinajstić information content (AvgIpc) is 2.83. The van der Waals surface area contributed by atoms with Crippen LogP contribution in [0, 0.1) is 12.8 Å². The molecule has 114 valence electrons. The summed E-state index contributed by atoms with van der Waals surface area (Å²) < 4.78 is 5.31. The third-order valence-electron chi connectivity index (χ3n) is 4.69. The molecule has 0 bridgehead atoms. The van der Waals surface area contributed by atoms with Gasteiger partial charge in [-0.15, -0.1) is 0 Å². The molecule has 1 saturated heterocycles. The quantitative estimate of drug-likeness (QED) is 0.897. The molecule has 0 spiro atoms. The fourth-order valence-electron chi connectivity index (χ4n) is 3.14. The summed E-state index contributed by atoms with van der Waals surface area (Å²) in [6.07, 6.45) is 2.29. The van der Waals surface area contributed by atoms with Gasteiger partial charge in [-0.05, 0) is 25.7 Å². The van der Waals surface area contributed by atoms with E-state index in [0.29, 0.717) is 17.8 Å². The van der Waals surface area contributed by atoms with Gasteiger partial charge in [-0.25, -0.2) is 0 Å². The minimum Gasteiger partial charge on any atom is -0.338 e. The Morgan fingerprint density at radius 2 is 2.10 bits per heavy atom. The average molecular weight is 280 g/mol. The number of rotatable bonds is 5. The van der Waals surface area contributed by atoms with Crippen LogP contribution in [-0.4, -0.2) is 39.7 Å². The first kappa shape index (κ1) is 15.4. The summed E-state index contributed by atoms with van der Waals surface area (Å²) in [6.45, 7) is 13.8. The van der Waals surface area contributed by atoms with E-state index in [4.69, 9.17) is 4.52 Å². The maximum Gasteiger partial charge on any atom is 0.240 e. The summed E-state index contributed by atoms with van der Waals surface area (Å²) in [6, 6.07) is 0.522. The molecule has 20 heavy (non-hydrogen) atoms. The van der Waals surface area contributed by atoms with E-state index >= 15 is 0 Å². The van der Waals surface area contributed by atoms with Crippen LogP contribution in [0.2, 0.25) is 0 Å². The lowest BCUT2D eigenvalue weighted by atomic mass is 9.86. The molecule has 0 saturated carbocycles. The molecule has 1 aliphatic heterocycles. The first-order valence-corrected chi connectivity index (χ1v) is 7.78. The van der Waals surface area contributed by atoms with Crippen molar-refractivity contribution >= 4 is 0 Å². The van der Waals surface area contributed by atoms with Gasteiger partial charge in [0.2, 0.25) is 5.89 Å². The lowest BCUT2D eigenvalue weighted by Gasteiger charge is -2.48. The van der Waals surface area contributed by atoms with E-state index < -0.39 is 0 Å². The highest BCUT2D eigenvalue weighted by molar-refractivity contribution is 4.98. The van der Waals surface area contributed by atoms with Crippen molar-refractivity contribution in [3.8, 4) is 0 Å². The molecule has 0 aromatic carbocycles. The van der Waals surface area contributed by atoms with E-state index in [0.717, 1.165) is 38.4 Å². The smallest absolute Gasteiger partial charge is 0.240 e. The first-order valence-electron chi connectivity index (χ1n) is 7.78. The number of piperazine rings is 1. The van der Waals surface area contributed by atoms with Crippen molar-refractivity contribution in [3.63, 3.8) is 0 Å². The number of nitrogens with zero attached hydrogens (tertiary/aromatic N) is 3. The van der Waals surface area contributed by atoms with Gasteiger partial charge in [0, 0.05) is 24.7 Å². The molecule has 1 N–H and O–H groups in total. The van der Waals surface area contributed by atoms with Gasteiger partial charge in [0.1, 0.15) is 0 Å². The molecule has 2 heterocycles. The highest BCUT2D eigenvalue weighted by Gasteiger charge is 2.38. The van der Waals surface area contributed by atoms with Gasteiger partial charge >= 0.3 is 0 Å². The monoisotopic (exact) mass is 280 g/mol. The maximum absolute atomic E-state index is 5.31. The van der Waals surface area contributed by atoms with Crippen LogP contribution < -0.4 is 5.32 Å². The largest absolute Gasteiger partial charge is 0.338 e. The lowest BCUT2D eigenvalue weighted by Crippen LogP contribution is -2.64. The van der Waals surface area contributed by atoms with E-state index in [2.05, 4.69) is 48.1 Å². The van der Waals surface area contributed by atoms with Crippen molar-refractivity contribution in [2.75, 3.05) is 13.1 Å². The molecule has 0 radical (unpaired) electrons. The van der Waals surface area contributed by atoms with Crippen LogP contribution in [0.4, 0.5) is 0 Å². The van der Waals surface area contributed by atoms with E-state index in [-0.39, 0.29) is 5.54 Å². The van der Waals surface area contributed by atoms with Gasteiger partial charge in [0.25, 0.3) is 0 Å². The summed E-state index contributed by atoms with van der Waals surface area (Å²) in [7, 11) is 0.